The number of allylic oxidation sites excluding steroid dienone is 24. The molecule has 9 heteroatoms. The standard InChI is InChI=1S/C77H122O9/c1-5-9-13-17-21-25-29-33-37-41-45-49-53-57-61-65-73(79)83-70-72(85-75(81)67-63-59-55-51-47-43-39-35-31-27-23-19-15-11-7-3)77(86-76(82)68-64-60-56-52-48-44-40-36-32-28-24-20-16-12-8-4)71(69-78)84-74(80)66-62-58-54-50-46-42-38-34-30-26-22-18-14-10-6-2/h9-16,21-28,33-40,69,71-72,77H,5-8,17-20,29-32,41-68,70H2,1-4H3/b13-9-,14-10-,15-11-,16-12-,25-21-,26-22-,27-23-,28-24-,37-33-,38-34-,39-35-,40-36-/t71-,72+,77+/m0/s1. The number of rotatable bonds is 60. The van der Waals surface area contributed by atoms with E-state index < -0.39 is 48.8 Å². The van der Waals surface area contributed by atoms with Crippen molar-refractivity contribution in [2.24, 2.45) is 0 Å². The molecule has 0 saturated heterocycles. The van der Waals surface area contributed by atoms with Crippen molar-refractivity contribution in [3.63, 3.8) is 0 Å². The largest absolute Gasteiger partial charge is 0.462 e. The van der Waals surface area contributed by atoms with Crippen LogP contribution in [0.1, 0.15) is 285 Å². The van der Waals surface area contributed by atoms with Gasteiger partial charge in [0.2, 0.25) is 0 Å². The number of hydrogen-bond acceptors (Lipinski definition) is 9. The molecule has 3 atom stereocenters. The maximum atomic E-state index is 13.7. The predicted molar refractivity (Wildman–Crippen MR) is 364 cm³/mol. The van der Waals surface area contributed by atoms with Crippen molar-refractivity contribution < 1.29 is 42.9 Å². The first-order valence-corrected chi connectivity index (χ1v) is 34.3. The van der Waals surface area contributed by atoms with Gasteiger partial charge in [-0.25, -0.2) is 0 Å². The molecule has 0 saturated carbocycles. The average Bonchev–Trinajstić information content (AvgIpc) is 3.64. The molecule has 0 aliphatic carbocycles. The van der Waals surface area contributed by atoms with Crippen LogP contribution in [0, 0.1) is 0 Å². The van der Waals surface area contributed by atoms with Crippen LogP contribution >= 0.6 is 0 Å². The van der Waals surface area contributed by atoms with Crippen LogP contribution in [0.4, 0.5) is 0 Å². The molecule has 0 aliphatic heterocycles. The summed E-state index contributed by atoms with van der Waals surface area (Å²) in [5.74, 6) is -2.26. The summed E-state index contributed by atoms with van der Waals surface area (Å²) in [4.78, 5) is 66.9. The monoisotopic (exact) mass is 1190 g/mol. The zero-order valence-corrected chi connectivity index (χ0v) is 54.8. The van der Waals surface area contributed by atoms with E-state index in [4.69, 9.17) is 18.9 Å². The molecule has 0 aromatic carbocycles. The van der Waals surface area contributed by atoms with Crippen molar-refractivity contribution in [1.29, 1.82) is 0 Å². The highest BCUT2D eigenvalue weighted by atomic mass is 16.6. The van der Waals surface area contributed by atoms with E-state index >= 15 is 0 Å². The molecule has 0 radical (unpaired) electrons. The van der Waals surface area contributed by atoms with E-state index in [2.05, 4.69) is 174 Å². The van der Waals surface area contributed by atoms with Crippen molar-refractivity contribution in [2.45, 2.75) is 303 Å². The minimum Gasteiger partial charge on any atom is -0.462 e. The van der Waals surface area contributed by atoms with Gasteiger partial charge in [-0.2, -0.15) is 0 Å². The first kappa shape index (κ1) is 80.4. The molecule has 86 heavy (non-hydrogen) atoms. The Bertz CT molecular complexity index is 1990. The Morgan fingerprint density at radius 2 is 0.523 bits per heavy atom. The molecular weight excluding hydrogens is 1070 g/mol. The second kappa shape index (κ2) is 66.9. The predicted octanol–water partition coefficient (Wildman–Crippen LogP) is 21.8. The van der Waals surface area contributed by atoms with Crippen LogP contribution in [0.2, 0.25) is 0 Å². The Balaban J connectivity index is 5.82. The Morgan fingerprint density at radius 1 is 0.279 bits per heavy atom. The van der Waals surface area contributed by atoms with Crippen LogP contribution in [0.25, 0.3) is 0 Å². The van der Waals surface area contributed by atoms with Crippen LogP contribution in [0.15, 0.2) is 146 Å². The minimum absolute atomic E-state index is 0.0640. The Hall–Kier alpha value is -5.57. The number of ether oxygens (including phenoxy) is 4. The van der Waals surface area contributed by atoms with Gasteiger partial charge in [0.1, 0.15) is 6.61 Å². The van der Waals surface area contributed by atoms with Gasteiger partial charge in [-0.15, -0.1) is 0 Å². The lowest BCUT2D eigenvalue weighted by atomic mass is 10.1. The maximum Gasteiger partial charge on any atom is 0.306 e. The molecule has 0 rings (SSSR count). The molecule has 0 unspecified atom stereocenters. The van der Waals surface area contributed by atoms with E-state index in [-0.39, 0.29) is 25.7 Å². The van der Waals surface area contributed by atoms with Crippen LogP contribution in [-0.4, -0.2) is 55.1 Å². The molecule has 484 valence electrons. The van der Waals surface area contributed by atoms with Gasteiger partial charge in [0.15, 0.2) is 24.6 Å². The van der Waals surface area contributed by atoms with E-state index in [1.54, 1.807) is 0 Å². The van der Waals surface area contributed by atoms with Gasteiger partial charge in [-0.05, 0) is 154 Å². The smallest absolute Gasteiger partial charge is 0.306 e. The molecule has 0 aromatic heterocycles. The number of unbranched alkanes of at least 4 members (excludes halogenated alkanes) is 20. The fraction of sp³-hybridized carbons (Fsp3) is 0.623. The van der Waals surface area contributed by atoms with E-state index in [1.165, 1.54) is 0 Å². The summed E-state index contributed by atoms with van der Waals surface area (Å²) in [7, 11) is 0. The Kier molecular flexibility index (Phi) is 62.6. The zero-order valence-electron chi connectivity index (χ0n) is 54.8. The average molecular weight is 1190 g/mol. The SMILES string of the molecule is CC/C=C\C/C=C\C/C=C\CCCCCCCC(=O)OC[C@@H](OC(=O)CCCCCCC/C=C\C/C=C\C/C=C\CC)[C@H](OC(=O)CCCCCCC/C=C\C/C=C\C/C=C\CC)[C@H](C=O)OC(=O)CCCCCCC/C=C\C/C=C\C/C=C\CC. The van der Waals surface area contributed by atoms with E-state index in [0.29, 0.717) is 32.0 Å². The van der Waals surface area contributed by atoms with Gasteiger partial charge >= 0.3 is 23.9 Å². The number of esters is 4. The van der Waals surface area contributed by atoms with Crippen molar-refractivity contribution in [1.82, 2.24) is 0 Å². The number of hydrogen-bond donors (Lipinski definition) is 0. The quantitative estimate of drug-likeness (QED) is 0.0193. The van der Waals surface area contributed by atoms with Gasteiger partial charge < -0.3 is 18.9 Å². The summed E-state index contributed by atoms with van der Waals surface area (Å²) in [6.07, 6.45) is 82.9. The molecule has 0 heterocycles. The molecular formula is C77H122O9. The first-order chi connectivity index (χ1) is 42.3. The van der Waals surface area contributed by atoms with Gasteiger partial charge in [-0.3, -0.25) is 24.0 Å². The lowest BCUT2D eigenvalue weighted by Crippen LogP contribution is -2.48. The van der Waals surface area contributed by atoms with Crippen molar-refractivity contribution in [3.05, 3.63) is 146 Å². The third kappa shape index (κ3) is 58.8. The van der Waals surface area contributed by atoms with Crippen LogP contribution in [-0.2, 0) is 42.9 Å². The Morgan fingerprint density at radius 3 is 0.826 bits per heavy atom. The number of carbonyl (C=O) groups excluding carboxylic acids is 5. The molecule has 0 amide bonds. The van der Waals surface area contributed by atoms with Gasteiger partial charge in [0, 0.05) is 25.7 Å². The molecule has 0 fully saturated rings. The summed E-state index contributed by atoms with van der Waals surface area (Å²) in [5, 5.41) is 0. The summed E-state index contributed by atoms with van der Waals surface area (Å²) >= 11 is 0. The zero-order chi connectivity index (χ0) is 62.5. The normalized spacial score (nSPS) is 13.6. The maximum absolute atomic E-state index is 13.7. The fourth-order valence-corrected chi connectivity index (χ4v) is 9.17. The van der Waals surface area contributed by atoms with Crippen LogP contribution in [0.3, 0.4) is 0 Å². The molecule has 0 aromatic rings. The molecule has 0 bridgehead atoms. The molecule has 0 N–H and O–H groups in total. The summed E-state index contributed by atoms with van der Waals surface area (Å²) < 4.78 is 23.5. The van der Waals surface area contributed by atoms with Crippen molar-refractivity contribution in [3.8, 4) is 0 Å². The summed E-state index contributed by atoms with van der Waals surface area (Å²) in [6.45, 7) is 8.09. The fourth-order valence-electron chi connectivity index (χ4n) is 9.17. The molecule has 9 nitrogen and oxygen atoms in total. The molecule has 0 aliphatic rings. The first-order valence-electron chi connectivity index (χ1n) is 34.3. The van der Waals surface area contributed by atoms with Crippen LogP contribution < -0.4 is 0 Å². The van der Waals surface area contributed by atoms with E-state index in [1.807, 2.05) is 0 Å². The highest BCUT2D eigenvalue weighted by Gasteiger charge is 2.39. The minimum atomic E-state index is -1.58. The second-order valence-electron chi connectivity index (χ2n) is 22.2. The third-order valence-corrected chi connectivity index (χ3v) is 14.2. The number of carbonyl (C=O) groups is 5. The second-order valence-corrected chi connectivity index (χ2v) is 22.2. The Labute approximate surface area is 525 Å². The topological polar surface area (TPSA) is 122 Å². The van der Waals surface area contributed by atoms with Crippen molar-refractivity contribution >= 4 is 30.2 Å². The summed E-state index contributed by atoms with van der Waals surface area (Å²) in [5.41, 5.74) is 0. The van der Waals surface area contributed by atoms with Gasteiger partial charge in [0.05, 0.1) is 0 Å². The van der Waals surface area contributed by atoms with E-state index in [9.17, 15) is 24.0 Å². The highest BCUT2D eigenvalue weighted by molar-refractivity contribution is 5.75. The van der Waals surface area contributed by atoms with Crippen molar-refractivity contribution in [2.75, 3.05) is 6.61 Å². The number of aldehydes is 1. The summed E-state index contributed by atoms with van der Waals surface area (Å²) in [6, 6.07) is 0. The van der Waals surface area contributed by atoms with Gasteiger partial charge in [0.25, 0.3) is 0 Å². The lowest BCUT2D eigenvalue weighted by molar-refractivity contribution is -0.191. The van der Waals surface area contributed by atoms with E-state index in [0.717, 1.165) is 205 Å². The highest BCUT2D eigenvalue weighted by Crippen LogP contribution is 2.20. The van der Waals surface area contributed by atoms with Crippen LogP contribution in [0.5, 0.6) is 0 Å². The lowest BCUT2D eigenvalue weighted by Gasteiger charge is -2.30. The molecule has 0 spiro atoms. The third-order valence-electron chi connectivity index (χ3n) is 14.2. The van der Waals surface area contributed by atoms with Gasteiger partial charge in [-0.1, -0.05) is 251 Å².